The van der Waals surface area contributed by atoms with Gasteiger partial charge in [-0.15, -0.1) is 0 Å². The van der Waals surface area contributed by atoms with Gasteiger partial charge in [-0.2, -0.15) is 0 Å². The summed E-state index contributed by atoms with van der Waals surface area (Å²) < 4.78 is 5.65. The third-order valence-corrected chi connectivity index (χ3v) is 6.00. The van der Waals surface area contributed by atoms with Crippen LogP contribution in [0, 0.1) is 19.3 Å². The van der Waals surface area contributed by atoms with Crippen molar-refractivity contribution in [2.45, 2.75) is 39.7 Å². The normalized spacial score (nSPS) is 20.0. The topological polar surface area (TPSA) is 33.6 Å². The average molecular weight is 369 g/mol. The van der Waals surface area contributed by atoms with Gasteiger partial charge in [-0.3, -0.25) is 4.99 Å². The van der Waals surface area contributed by atoms with Crippen molar-refractivity contribution in [1.29, 1.82) is 0 Å². The molecule has 1 fully saturated rings. The minimum Gasteiger partial charge on any atom is -0.381 e. The van der Waals surface area contributed by atoms with Gasteiger partial charge in [0.15, 0.2) is 0 Å². The Bertz CT molecular complexity index is 853. The number of aliphatic imine (C=N–C) groups is 1. The number of halogens is 1. The lowest BCUT2D eigenvalue weighted by atomic mass is 9.71. The van der Waals surface area contributed by atoms with Crippen LogP contribution in [0.25, 0.3) is 0 Å². The number of hydrogen-bond acceptors (Lipinski definition) is 2. The zero-order chi connectivity index (χ0) is 18.1. The second-order valence-corrected chi connectivity index (χ2v) is 8.02. The molecule has 2 aliphatic rings. The van der Waals surface area contributed by atoms with E-state index in [1.54, 1.807) is 0 Å². The fourth-order valence-electron chi connectivity index (χ4n) is 4.04. The van der Waals surface area contributed by atoms with Crippen molar-refractivity contribution in [2.24, 2.45) is 10.4 Å². The smallest absolute Gasteiger partial charge is 0.108 e. The summed E-state index contributed by atoms with van der Waals surface area (Å²) in [6.45, 7) is 6.61. The molecule has 0 radical (unpaired) electrons. The Morgan fingerprint density at radius 1 is 1.12 bits per heavy atom. The van der Waals surface area contributed by atoms with Gasteiger partial charge in [0.05, 0.1) is 6.54 Å². The number of nitrogens with one attached hydrogen (secondary N) is 1. The first kappa shape index (κ1) is 17.6. The van der Waals surface area contributed by atoms with E-state index in [4.69, 9.17) is 21.3 Å². The molecule has 1 spiro atoms. The Balaban J connectivity index is 1.70. The first-order chi connectivity index (χ1) is 12.6. The number of hydrogen-bond donors (Lipinski definition) is 1. The third kappa shape index (κ3) is 3.38. The number of ether oxygens (including phenoxy) is 1. The van der Waals surface area contributed by atoms with Crippen LogP contribution < -0.4 is 5.32 Å². The van der Waals surface area contributed by atoms with Crippen molar-refractivity contribution < 1.29 is 4.74 Å². The minimum absolute atomic E-state index is 0.0610. The lowest BCUT2D eigenvalue weighted by molar-refractivity contribution is 0.0448. The van der Waals surface area contributed by atoms with Crippen molar-refractivity contribution in [3.8, 4) is 0 Å². The Labute approximate surface area is 160 Å². The highest BCUT2D eigenvalue weighted by atomic mass is 35.5. The summed E-state index contributed by atoms with van der Waals surface area (Å²) in [6.07, 6.45) is 3.07. The van der Waals surface area contributed by atoms with Gasteiger partial charge in [0, 0.05) is 29.3 Å². The van der Waals surface area contributed by atoms with Crippen molar-refractivity contribution in [3.63, 3.8) is 0 Å². The highest BCUT2D eigenvalue weighted by molar-refractivity contribution is 6.30. The molecular weight excluding hydrogens is 344 g/mol. The molecule has 0 saturated carbocycles. The van der Waals surface area contributed by atoms with Crippen molar-refractivity contribution in [1.82, 2.24) is 0 Å². The summed E-state index contributed by atoms with van der Waals surface area (Å²) in [7, 11) is 0. The lowest BCUT2D eigenvalue weighted by Gasteiger charge is -2.42. The van der Waals surface area contributed by atoms with E-state index in [1.807, 2.05) is 18.2 Å². The van der Waals surface area contributed by atoms with Gasteiger partial charge in [0.1, 0.15) is 5.84 Å². The molecule has 2 aliphatic heterocycles. The summed E-state index contributed by atoms with van der Waals surface area (Å²) >= 11 is 6.13. The van der Waals surface area contributed by atoms with E-state index in [9.17, 15) is 0 Å². The summed E-state index contributed by atoms with van der Waals surface area (Å²) in [6, 6.07) is 12.5. The van der Waals surface area contributed by atoms with Gasteiger partial charge in [-0.1, -0.05) is 29.8 Å². The predicted octanol–water partition coefficient (Wildman–Crippen LogP) is 5.32. The number of amidine groups is 1. The number of aryl methyl sites for hydroxylation is 2. The molecule has 0 unspecified atom stereocenters. The van der Waals surface area contributed by atoms with Crippen molar-refractivity contribution in [3.05, 3.63) is 63.7 Å². The minimum atomic E-state index is 0.0610. The van der Waals surface area contributed by atoms with Crippen LogP contribution in [-0.2, 0) is 17.7 Å². The van der Waals surface area contributed by atoms with E-state index in [-0.39, 0.29) is 5.41 Å². The van der Waals surface area contributed by atoms with E-state index >= 15 is 0 Å². The van der Waals surface area contributed by atoms with E-state index in [0.717, 1.165) is 48.9 Å². The van der Waals surface area contributed by atoms with Crippen molar-refractivity contribution in [2.75, 3.05) is 18.5 Å². The fraction of sp³-hybridized carbons (Fsp3) is 0.409. The number of nitrogens with zero attached hydrogens (tertiary/aromatic N) is 1. The van der Waals surface area contributed by atoms with E-state index in [2.05, 4.69) is 37.4 Å². The van der Waals surface area contributed by atoms with E-state index in [1.165, 1.54) is 22.4 Å². The third-order valence-electron chi connectivity index (χ3n) is 5.76. The average Bonchev–Trinajstić information content (AvgIpc) is 2.62. The second-order valence-electron chi connectivity index (χ2n) is 7.58. The zero-order valence-corrected chi connectivity index (χ0v) is 16.2. The molecule has 1 N–H and O–H groups in total. The molecule has 0 bridgehead atoms. The van der Waals surface area contributed by atoms with E-state index in [0.29, 0.717) is 6.54 Å². The molecule has 4 heteroatoms. The van der Waals surface area contributed by atoms with Gasteiger partial charge in [0.25, 0.3) is 0 Å². The van der Waals surface area contributed by atoms with Crippen LogP contribution in [0.4, 0.5) is 5.69 Å². The highest BCUT2D eigenvalue weighted by Gasteiger charge is 2.41. The van der Waals surface area contributed by atoms with Crippen molar-refractivity contribution >= 4 is 23.1 Å². The Morgan fingerprint density at radius 3 is 2.65 bits per heavy atom. The molecule has 3 nitrogen and oxygen atoms in total. The summed E-state index contributed by atoms with van der Waals surface area (Å²) in [5, 5.41) is 4.43. The molecule has 26 heavy (non-hydrogen) atoms. The molecule has 4 rings (SSSR count). The molecule has 2 aromatic carbocycles. The van der Waals surface area contributed by atoms with Gasteiger partial charge in [-0.05, 0) is 73.6 Å². The van der Waals surface area contributed by atoms with Crippen LogP contribution in [0.5, 0.6) is 0 Å². The SMILES string of the molecule is Cc1cc2c(cc1C)NC(=NCc1cccc(Cl)c1)C1(CCOCC1)C2. The van der Waals surface area contributed by atoms with Crippen LogP contribution in [-0.4, -0.2) is 19.0 Å². The Kier molecular flexibility index (Phi) is 4.76. The molecule has 0 aliphatic carbocycles. The van der Waals surface area contributed by atoms with Crippen LogP contribution in [0.1, 0.15) is 35.1 Å². The van der Waals surface area contributed by atoms with Gasteiger partial charge >= 0.3 is 0 Å². The second kappa shape index (κ2) is 7.05. The summed E-state index contributed by atoms with van der Waals surface area (Å²) in [5.41, 5.74) is 6.47. The monoisotopic (exact) mass is 368 g/mol. The van der Waals surface area contributed by atoms with Crippen LogP contribution in [0.3, 0.4) is 0 Å². The number of benzene rings is 2. The molecule has 0 aromatic heterocycles. The first-order valence-electron chi connectivity index (χ1n) is 9.30. The van der Waals surface area contributed by atoms with Gasteiger partial charge < -0.3 is 10.1 Å². The first-order valence-corrected chi connectivity index (χ1v) is 9.68. The summed E-state index contributed by atoms with van der Waals surface area (Å²) in [4.78, 5) is 5.01. The van der Waals surface area contributed by atoms with Gasteiger partial charge in [-0.25, -0.2) is 0 Å². The van der Waals surface area contributed by atoms with Crippen LogP contribution in [0.15, 0.2) is 41.4 Å². The highest BCUT2D eigenvalue weighted by Crippen LogP contribution is 2.42. The maximum Gasteiger partial charge on any atom is 0.108 e. The van der Waals surface area contributed by atoms with Crippen LogP contribution >= 0.6 is 11.6 Å². The molecule has 2 aromatic rings. The number of fused-ring (bicyclic) bond motifs is 1. The largest absolute Gasteiger partial charge is 0.381 e. The Morgan fingerprint density at radius 2 is 1.88 bits per heavy atom. The molecule has 0 amide bonds. The van der Waals surface area contributed by atoms with Gasteiger partial charge in [0.2, 0.25) is 0 Å². The fourth-order valence-corrected chi connectivity index (χ4v) is 4.25. The zero-order valence-electron chi connectivity index (χ0n) is 15.4. The standard InChI is InChI=1S/C22H25ClN2O/c1-15-10-18-13-22(6-8-26-9-7-22)21(25-20(18)11-16(15)2)24-14-17-4-3-5-19(23)12-17/h3-5,10-12H,6-9,13-14H2,1-2H3,(H,24,25). The molecule has 136 valence electrons. The number of anilines is 1. The lowest BCUT2D eigenvalue weighted by Crippen LogP contribution is -2.46. The quantitative estimate of drug-likeness (QED) is 0.778. The predicted molar refractivity (Wildman–Crippen MR) is 108 cm³/mol. The molecule has 2 heterocycles. The molecule has 1 saturated heterocycles. The maximum absolute atomic E-state index is 6.13. The number of rotatable bonds is 2. The maximum atomic E-state index is 6.13. The van der Waals surface area contributed by atoms with E-state index < -0.39 is 0 Å². The molecule has 0 atom stereocenters. The van der Waals surface area contributed by atoms with Crippen LogP contribution in [0.2, 0.25) is 5.02 Å². The molecular formula is C22H25ClN2O. The Hall–Kier alpha value is -1.84. The summed E-state index contributed by atoms with van der Waals surface area (Å²) in [5.74, 6) is 1.11.